The first-order valence-electron chi connectivity index (χ1n) is 7.19. The topological polar surface area (TPSA) is 29.9 Å². The zero-order chi connectivity index (χ0) is 15.4. The average molecular weight is 354 g/mol. The molecule has 0 amide bonds. The van der Waals surface area contributed by atoms with Crippen LogP contribution in [0.3, 0.4) is 0 Å². The fraction of sp³-hybridized carbons (Fsp3) is 0.438. The number of hydrogen-bond acceptors (Lipinski definition) is 2. The van der Waals surface area contributed by atoms with Crippen LogP contribution >= 0.6 is 15.9 Å². The normalized spacial score (nSPS) is 12.6. The number of aromatic nitrogens is 2. The van der Waals surface area contributed by atoms with E-state index in [1.165, 1.54) is 12.1 Å². The van der Waals surface area contributed by atoms with Crippen LogP contribution in [0.1, 0.15) is 36.3 Å². The molecule has 1 atom stereocenters. The van der Waals surface area contributed by atoms with Gasteiger partial charge in [0.2, 0.25) is 0 Å². The standard InChI is InChI=1S/C16H21BrFN3/c1-4-7-19-15(16-8-11(2)20-21(16)3)9-12-5-6-13(18)10-14(12)17/h5-6,8,10,15,19H,4,7,9H2,1-3H3. The lowest BCUT2D eigenvalue weighted by Crippen LogP contribution is -2.26. The van der Waals surface area contributed by atoms with Crippen LogP contribution in [0.2, 0.25) is 0 Å². The Bertz CT molecular complexity index is 610. The number of aryl methyl sites for hydroxylation is 2. The van der Waals surface area contributed by atoms with Crippen molar-refractivity contribution in [1.82, 2.24) is 15.1 Å². The summed E-state index contributed by atoms with van der Waals surface area (Å²) in [6.07, 6.45) is 1.86. The molecule has 3 nitrogen and oxygen atoms in total. The molecule has 5 heteroatoms. The highest BCUT2D eigenvalue weighted by Gasteiger charge is 2.17. The molecule has 1 unspecified atom stereocenters. The van der Waals surface area contributed by atoms with E-state index in [0.29, 0.717) is 0 Å². The van der Waals surface area contributed by atoms with Crippen LogP contribution in [0.4, 0.5) is 4.39 Å². The number of benzene rings is 1. The predicted octanol–water partition coefficient (Wildman–Crippen LogP) is 3.91. The summed E-state index contributed by atoms with van der Waals surface area (Å²) in [6, 6.07) is 7.12. The highest BCUT2D eigenvalue weighted by Crippen LogP contribution is 2.25. The highest BCUT2D eigenvalue weighted by molar-refractivity contribution is 9.10. The molecule has 0 saturated heterocycles. The van der Waals surface area contributed by atoms with Crippen molar-refractivity contribution in [2.75, 3.05) is 6.54 Å². The summed E-state index contributed by atoms with van der Waals surface area (Å²) >= 11 is 3.45. The average Bonchev–Trinajstić information content (AvgIpc) is 2.76. The SMILES string of the molecule is CCCNC(Cc1ccc(F)cc1Br)c1cc(C)nn1C. The minimum absolute atomic E-state index is 0.165. The van der Waals surface area contributed by atoms with Gasteiger partial charge >= 0.3 is 0 Å². The molecule has 0 spiro atoms. The summed E-state index contributed by atoms with van der Waals surface area (Å²) in [5.74, 6) is -0.222. The van der Waals surface area contributed by atoms with Crippen molar-refractivity contribution in [3.63, 3.8) is 0 Å². The number of hydrogen-bond donors (Lipinski definition) is 1. The monoisotopic (exact) mass is 353 g/mol. The molecule has 0 aliphatic rings. The molecule has 21 heavy (non-hydrogen) atoms. The Balaban J connectivity index is 2.26. The molecule has 1 heterocycles. The van der Waals surface area contributed by atoms with Gasteiger partial charge in [-0.05, 0) is 50.1 Å². The molecule has 1 aromatic carbocycles. The lowest BCUT2D eigenvalue weighted by atomic mass is 10.0. The lowest BCUT2D eigenvalue weighted by molar-refractivity contribution is 0.492. The first-order chi connectivity index (χ1) is 10.0. The van der Waals surface area contributed by atoms with Crippen molar-refractivity contribution in [1.29, 1.82) is 0 Å². The molecule has 2 rings (SSSR count). The second kappa shape index (κ2) is 7.18. The number of nitrogens with one attached hydrogen (secondary N) is 1. The Kier molecular flexibility index (Phi) is 5.53. The van der Waals surface area contributed by atoms with Crippen molar-refractivity contribution in [2.24, 2.45) is 7.05 Å². The Hall–Kier alpha value is -1.20. The van der Waals surface area contributed by atoms with Gasteiger partial charge in [0.25, 0.3) is 0 Å². The van der Waals surface area contributed by atoms with Crippen LogP contribution in [0.15, 0.2) is 28.7 Å². The third-order valence-corrected chi connectivity index (χ3v) is 4.21. The van der Waals surface area contributed by atoms with E-state index >= 15 is 0 Å². The molecule has 114 valence electrons. The zero-order valence-corrected chi connectivity index (χ0v) is 14.2. The second-order valence-electron chi connectivity index (χ2n) is 5.28. The minimum Gasteiger partial charge on any atom is -0.308 e. The summed E-state index contributed by atoms with van der Waals surface area (Å²) in [6.45, 7) is 5.08. The van der Waals surface area contributed by atoms with Gasteiger partial charge in [-0.25, -0.2) is 4.39 Å². The number of rotatable bonds is 6. The van der Waals surface area contributed by atoms with E-state index in [1.54, 1.807) is 0 Å². The maximum atomic E-state index is 13.2. The molecule has 1 aromatic heterocycles. The number of nitrogens with zero attached hydrogens (tertiary/aromatic N) is 2. The molecule has 0 bridgehead atoms. The Morgan fingerprint density at radius 3 is 2.71 bits per heavy atom. The van der Waals surface area contributed by atoms with Crippen LogP contribution in [-0.4, -0.2) is 16.3 Å². The third kappa shape index (κ3) is 4.14. The van der Waals surface area contributed by atoms with Crippen LogP contribution < -0.4 is 5.32 Å². The van der Waals surface area contributed by atoms with Gasteiger partial charge in [-0.15, -0.1) is 0 Å². The van der Waals surface area contributed by atoms with Gasteiger partial charge < -0.3 is 5.32 Å². The molecule has 0 aliphatic heterocycles. The molecule has 1 N–H and O–H groups in total. The van der Waals surface area contributed by atoms with E-state index in [9.17, 15) is 4.39 Å². The van der Waals surface area contributed by atoms with Gasteiger partial charge in [0.1, 0.15) is 5.82 Å². The van der Waals surface area contributed by atoms with Gasteiger partial charge in [0.05, 0.1) is 17.4 Å². The lowest BCUT2D eigenvalue weighted by Gasteiger charge is -2.19. The van der Waals surface area contributed by atoms with E-state index < -0.39 is 0 Å². The van der Waals surface area contributed by atoms with Gasteiger partial charge in [-0.3, -0.25) is 4.68 Å². The first-order valence-corrected chi connectivity index (χ1v) is 7.98. The Morgan fingerprint density at radius 1 is 1.38 bits per heavy atom. The first kappa shape index (κ1) is 16.2. The smallest absolute Gasteiger partial charge is 0.124 e. The number of halogens is 2. The van der Waals surface area contributed by atoms with Crippen LogP contribution in [0.25, 0.3) is 0 Å². The summed E-state index contributed by atoms with van der Waals surface area (Å²) in [4.78, 5) is 0. The van der Waals surface area contributed by atoms with E-state index in [-0.39, 0.29) is 11.9 Å². The van der Waals surface area contributed by atoms with Gasteiger partial charge in [0.15, 0.2) is 0 Å². The highest BCUT2D eigenvalue weighted by atomic mass is 79.9. The Labute approximate surface area is 133 Å². The third-order valence-electron chi connectivity index (χ3n) is 3.48. The second-order valence-corrected chi connectivity index (χ2v) is 6.14. The molecule has 0 saturated carbocycles. The van der Waals surface area contributed by atoms with E-state index in [2.05, 4.69) is 39.3 Å². The maximum Gasteiger partial charge on any atom is 0.124 e. The van der Waals surface area contributed by atoms with Gasteiger partial charge in [-0.1, -0.05) is 28.9 Å². The van der Waals surface area contributed by atoms with E-state index in [1.807, 2.05) is 24.7 Å². The van der Waals surface area contributed by atoms with Crippen molar-refractivity contribution >= 4 is 15.9 Å². The van der Waals surface area contributed by atoms with Crippen molar-refractivity contribution < 1.29 is 4.39 Å². The molecule has 2 aromatic rings. The fourth-order valence-corrected chi connectivity index (χ4v) is 2.98. The van der Waals surface area contributed by atoms with Crippen LogP contribution in [0.5, 0.6) is 0 Å². The van der Waals surface area contributed by atoms with Crippen molar-refractivity contribution in [3.05, 3.63) is 51.5 Å². The zero-order valence-electron chi connectivity index (χ0n) is 12.7. The minimum atomic E-state index is -0.222. The van der Waals surface area contributed by atoms with Crippen LogP contribution in [-0.2, 0) is 13.5 Å². The largest absolute Gasteiger partial charge is 0.308 e. The summed E-state index contributed by atoms with van der Waals surface area (Å²) < 4.78 is 15.9. The van der Waals surface area contributed by atoms with Crippen LogP contribution in [0, 0.1) is 12.7 Å². The molecular weight excluding hydrogens is 333 g/mol. The summed E-state index contributed by atoms with van der Waals surface area (Å²) in [7, 11) is 1.96. The summed E-state index contributed by atoms with van der Waals surface area (Å²) in [5, 5.41) is 7.98. The Morgan fingerprint density at radius 2 is 2.14 bits per heavy atom. The fourth-order valence-electron chi connectivity index (χ4n) is 2.46. The summed E-state index contributed by atoms with van der Waals surface area (Å²) in [5.41, 5.74) is 3.25. The van der Waals surface area contributed by atoms with Crippen molar-refractivity contribution in [3.8, 4) is 0 Å². The predicted molar refractivity (Wildman–Crippen MR) is 86.8 cm³/mol. The van der Waals surface area contributed by atoms with Crippen molar-refractivity contribution in [2.45, 2.75) is 32.7 Å². The maximum absolute atomic E-state index is 13.2. The van der Waals surface area contributed by atoms with E-state index in [0.717, 1.165) is 40.8 Å². The van der Waals surface area contributed by atoms with Gasteiger partial charge in [-0.2, -0.15) is 5.10 Å². The molecular formula is C16H21BrFN3. The van der Waals surface area contributed by atoms with E-state index in [4.69, 9.17) is 0 Å². The molecule has 0 radical (unpaired) electrons. The molecule has 0 aliphatic carbocycles. The molecule has 0 fully saturated rings. The van der Waals surface area contributed by atoms with Gasteiger partial charge in [0, 0.05) is 11.5 Å². The quantitative estimate of drug-likeness (QED) is 0.852.